The highest BCUT2D eigenvalue weighted by molar-refractivity contribution is 5.88. The molecule has 0 aliphatic carbocycles. The van der Waals surface area contributed by atoms with Gasteiger partial charge in [-0.1, -0.05) is 6.08 Å². The van der Waals surface area contributed by atoms with Crippen molar-refractivity contribution in [2.24, 2.45) is 0 Å². The van der Waals surface area contributed by atoms with E-state index in [1.807, 2.05) is 18.2 Å². The van der Waals surface area contributed by atoms with Gasteiger partial charge in [0.05, 0.1) is 7.11 Å². The second-order valence-electron chi connectivity index (χ2n) is 3.20. The van der Waals surface area contributed by atoms with E-state index in [1.54, 1.807) is 13.2 Å². The maximum atomic E-state index is 10.9. The van der Waals surface area contributed by atoms with Crippen molar-refractivity contribution < 1.29 is 9.53 Å². The zero-order valence-corrected chi connectivity index (χ0v) is 9.04. The van der Waals surface area contributed by atoms with Gasteiger partial charge >= 0.3 is 0 Å². The summed E-state index contributed by atoms with van der Waals surface area (Å²) in [6.45, 7) is 5.16. The van der Waals surface area contributed by atoms with Crippen LogP contribution in [0, 0.1) is 0 Å². The predicted molar refractivity (Wildman–Crippen MR) is 61.2 cm³/mol. The highest BCUT2D eigenvalue weighted by atomic mass is 16.5. The summed E-state index contributed by atoms with van der Waals surface area (Å²) < 4.78 is 5.20. The minimum absolute atomic E-state index is 0.0790. The molecule has 3 heteroatoms. The average Bonchev–Trinajstić information content (AvgIpc) is 2.18. The van der Waals surface area contributed by atoms with Crippen molar-refractivity contribution in [1.29, 1.82) is 0 Å². The fourth-order valence-corrected chi connectivity index (χ4v) is 1.37. The van der Waals surface area contributed by atoms with Gasteiger partial charge in [-0.15, -0.1) is 6.58 Å². The van der Waals surface area contributed by atoms with Crippen molar-refractivity contribution in [3.05, 3.63) is 36.4 Å². The van der Waals surface area contributed by atoms with Gasteiger partial charge < -0.3 is 10.1 Å². The third-order valence-electron chi connectivity index (χ3n) is 1.97. The van der Waals surface area contributed by atoms with Gasteiger partial charge in [0.2, 0.25) is 5.91 Å². The molecule has 0 aliphatic rings. The lowest BCUT2D eigenvalue weighted by atomic mass is 10.1. The van der Waals surface area contributed by atoms with Gasteiger partial charge in [0, 0.05) is 12.6 Å². The molecule has 0 radical (unpaired) electrons. The summed E-state index contributed by atoms with van der Waals surface area (Å²) in [6, 6.07) is 5.54. The molecule has 15 heavy (non-hydrogen) atoms. The molecule has 0 bridgehead atoms. The van der Waals surface area contributed by atoms with Crippen LogP contribution in [-0.2, 0) is 11.2 Å². The summed E-state index contributed by atoms with van der Waals surface area (Å²) >= 11 is 0. The zero-order valence-electron chi connectivity index (χ0n) is 9.04. The van der Waals surface area contributed by atoms with Crippen molar-refractivity contribution in [2.45, 2.75) is 13.3 Å². The van der Waals surface area contributed by atoms with Crippen LogP contribution in [0.15, 0.2) is 30.9 Å². The Balaban J connectivity index is 2.98. The van der Waals surface area contributed by atoms with Crippen LogP contribution in [0.1, 0.15) is 12.5 Å². The number of benzene rings is 1. The number of carbonyl (C=O) groups excluding carboxylic acids is 1. The van der Waals surface area contributed by atoms with Gasteiger partial charge in [-0.2, -0.15) is 0 Å². The number of rotatable bonds is 4. The molecule has 0 aromatic heterocycles. The van der Waals surface area contributed by atoms with E-state index in [-0.39, 0.29) is 5.91 Å². The molecule has 0 heterocycles. The van der Waals surface area contributed by atoms with Crippen LogP contribution in [0.5, 0.6) is 5.75 Å². The van der Waals surface area contributed by atoms with Crippen molar-refractivity contribution in [3.63, 3.8) is 0 Å². The highest BCUT2D eigenvalue weighted by Gasteiger charge is 2.03. The first-order valence-electron chi connectivity index (χ1n) is 4.72. The van der Waals surface area contributed by atoms with Crippen LogP contribution in [-0.4, -0.2) is 13.0 Å². The van der Waals surface area contributed by atoms with Crippen LogP contribution in [0.3, 0.4) is 0 Å². The summed E-state index contributed by atoms with van der Waals surface area (Å²) in [6.07, 6.45) is 2.52. The minimum atomic E-state index is -0.0790. The summed E-state index contributed by atoms with van der Waals surface area (Å²) in [5, 5.41) is 2.73. The molecule has 0 spiro atoms. The molecule has 0 atom stereocenters. The Morgan fingerprint density at radius 1 is 1.60 bits per heavy atom. The molecule has 0 unspecified atom stereocenters. The largest absolute Gasteiger partial charge is 0.496 e. The molecule has 0 aliphatic heterocycles. The Labute approximate surface area is 89.8 Å². The first kappa shape index (κ1) is 11.3. The molecule has 3 nitrogen and oxygen atoms in total. The van der Waals surface area contributed by atoms with Crippen LogP contribution < -0.4 is 10.1 Å². The van der Waals surface area contributed by atoms with Crippen LogP contribution in [0.25, 0.3) is 0 Å². The van der Waals surface area contributed by atoms with Gasteiger partial charge in [0.25, 0.3) is 0 Å². The maximum Gasteiger partial charge on any atom is 0.221 e. The van der Waals surface area contributed by atoms with Gasteiger partial charge in [0.15, 0.2) is 0 Å². The van der Waals surface area contributed by atoms with Gasteiger partial charge in [0.1, 0.15) is 5.75 Å². The predicted octanol–water partition coefficient (Wildman–Crippen LogP) is 2.38. The molecule has 1 aromatic carbocycles. The Hall–Kier alpha value is -1.77. The molecule has 1 aromatic rings. The normalized spacial score (nSPS) is 9.47. The third kappa shape index (κ3) is 3.13. The summed E-state index contributed by atoms with van der Waals surface area (Å²) in [4.78, 5) is 10.9. The number of allylic oxidation sites excluding steroid dienone is 1. The molecule has 1 rings (SSSR count). The fourth-order valence-electron chi connectivity index (χ4n) is 1.37. The zero-order chi connectivity index (χ0) is 11.3. The van der Waals surface area contributed by atoms with Crippen molar-refractivity contribution >= 4 is 11.6 Å². The molecular formula is C12H15NO2. The molecule has 0 fully saturated rings. The summed E-state index contributed by atoms with van der Waals surface area (Å²) in [5.74, 6) is 0.730. The number of ether oxygens (including phenoxy) is 1. The monoisotopic (exact) mass is 205 g/mol. The average molecular weight is 205 g/mol. The van der Waals surface area contributed by atoms with Crippen LogP contribution >= 0.6 is 0 Å². The Kier molecular flexibility index (Phi) is 3.92. The van der Waals surface area contributed by atoms with Gasteiger partial charge in [-0.05, 0) is 30.2 Å². The smallest absolute Gasteiger partial charge is 0.221 e. The van der Waals surface area contributed by atoms with Gasteiger partial charge in [-0.25, -0.2) is 0 Å². The number of hydrogen-bond acceptors (Lipinski definition) is 2. The van der Waals surface area contributed by atoms with E-state index in [4.69, 9.17) is 4.74 Å². The van der Waals surface area contributed by atoms with Crippen molar-refractivity contribution in [2.75, 3.05) is 12.4 Å². The second kappa shape index (κ2) is 5.20. The number of hydrogen-bond donors (Lipinski definition) is 1. The van der Waals surface area contributed by atoms with Crippen molar-refractivity contribution in [3.8, 4) is 5.75 Å². The first-order valence-corrected chi connectivity index (χ1v) is 4.72. The lowest BCUT2D eigenvalue weighted by molar-refractivity contribution is -0.114. The quantitative estimate of drug-likeness (QED) is 0.766. The van der Waals surface area contributed by atoms with Gasteiger partial charge in [-0.3, -0.25) is 4.79 Å². The van der Waals surface area contributed by atoms with E-state index in [2.05, 4.69) is 11.9 Å². The fraction of sp³-hybridized carbons (Fsp3) is 0.250. The van der Waals surface area contributed by atoms with E-state index in [0.717, 1.165) is 23.4 Å². The molecule has 1 N–H and O–H groups in total. The van der Waals surface area contributed by atoms with E-state index in [0.29, 0.717) is 0 Å². The maximum absolute atomic E-state index is 10.9. The minimum Gasteiger partial charge on any atom is -0.496 e. The Bertz CT molecular complexity index is 372. The first-order chi connectivity index (χ1) is 7.17. The highest BCUT2D eigenvalue weighted by Crippen LogP contribution is 2.23. The molecule has 0 saturated heterocycles. The van der Waals surface area contributed by atoms with E-state index in [1.165, 1.54) is 6.92 Å². The molecule has 80 valence electrons. The SMILES string of the molecule is C=CCc1cc(NC(C)=O)ccc1OC. The lowest BCUT2D eigenvalue weighted by Crippen LogP contribution is -2.06. The summed E-state index contributed by atoms with van der Waals surface area (Å²) in [5.41, 5.74) is 1.79. The number of carbonyl (C=O) groups is 1. The van der Waals surface area contributed by atoms with E-state index in [9.17, 15) is 4.79 Å². The molecular weight excluding hydrogens is 190 g/mol. The van der Waals surface area contributed by atoms with Crippen molar-refractivity contribution in [1.82, 2.24) is 0 Å². The number of methoxy groups -OCH3 is 1. The van der Waals surface area contributed by atoms with Crippen LogP contribution in [0.2, 0.25) is 0 Å². The topological polar surface area (TPSA) is 38.3 Å². The molecule has 1 amide bonds. The van der Waals surface area contributed by atoms with Crippen LogP contribution in [0.4, 0.5) is 5.69 Å². The second-order valence-corrected chi connectivity index (χ2v) is 3.20. The van der Waals surface area contributed by atoms with E-state index < -0.39 is 0 Å². The Morgan fingerprint density at radius 3 is 2.87 bits per heavy atom. The summed E-state index contributed by atoms with van der Waals surface area (Å²) in [7, 11) is 1.62. The van der Waals surface area contributed by atoms with E-state index >= 15 is 0 Å². The third-order valence-corrected chi connectivity index (χ3v) is 1.97. The Morgan fingerprint density at radius 2 is 2.33 bits per heavy atom. The number of amides is 1. The molecule has 0 saturated carbocycles. The standard InChI is InChI=1S/C12H15NO2/c1-4-5-10-8-11(13-9(2)14)6-7-12(10)15-3/h4,6-8H,1,5H2,2-3H3,(H,13,14). The lowest BCUT2D eigenvalue weighted by Gasteiger charge is -2.09. The number of anilines is 1. The number of nitrogens with one attached hydrogen (secondary N) is 1.